The summed E-state index contributed by atoms with van der Waals surface area (Å²) in [5, 5.41) is 10.0. The lowest BCUT2D eigenvalue weighted by Gasteiger charge is -2.11. The van der Waals surface area contributed by atoms with Crippen LogP contribution in [0.15, 0.2) is 28.7 Å². The zero-order valence-electron chi connectivity index (χ0n) is 10.2. The third-order valence-electron chi connectivity index (χ3n) is 2.87. The highest BCUT2D eigenvalue weighted by Gasteiger charge is 2.20. The average Bonchev–Trinajstić information content (AvgIpc) is 2.81. The molecular weight excluding hydrogens is 238 g/mol. The van der Waals surface area contributed by atoms with E-state index in [0.29, 0.717) is 12.2 Å². The number of furan rings is 1. The summed E-state index contributed by atoms with van der Waals surface area (Å²) >= 11 is 0. The SMILES string of the molecule is CCc1ccc(C(O)c2cc(C)c(F)cc2F)o1. The van der Waals surface area contributed by atoms with Crippen molar-refractivity contribution in [2.45, 2.75) is 26.4 Å². The Bertz CT molecular complexity index is 561. The van der Waals surface area contributed by atoms with Gasteiger partial charge in [0, 0.05) is 18.1 Å². The predicted molar refractivity (Wildman–Crippen MR) is 63.2 cm³/mol. The van der Waals surface area contributed by atoms with E-state index in [4.69, 9.17) is 4.42 Å². The summed E-state index contributed by atoms with van der Waals surface area (Å²) in [4.78, 5) is 0. The zero-order chi connectivity index (χ0) is 13.3. The molecule has 18 heavy (non-hydrogen) atoms. The van der Waals surface area contributed by atoms with E-state index in [9.17, 15) is 13.9 Å². The van der Waals surface area contributed by atoms with Gasteiger partial charge in [0.1, 0.15) is 29.3 Å². The van der Waals surface area contributed by atoms with Crippen molar-refractivity contribution < 1.29 is 18.3 Å². The van der Waals surface area contributed by atoms with Crippen molar-refractivity contribution in [3.8, 4) is 0 Å². The Hall–Kier alpha value is -1.68. The van der Waals surface area contributed by atoms with Crippen molar-refractivity contribution in [3.63, 3.8) is 0 Å². The van der Waals surface area contributed by atoms with Crippen LogP contribution in [-0.4, -0.2) is 5.11 Å². The lowest BCUT2D eigenvalue weighted by Crippen LogP contribution is -2.03. The van der Waals surface area contributed by atoms with Gasteiger partial charge < -0.3 is 9.52 Å². The van der Waals surface area contributed by atoms with Gasteiger partial charge in [-0.25, -0.2) is 8.78 Å². The van der Waals surface area contributed by atoms with E-state index in [0.717, 1.165) is 6.07 Å². The first-order valence-electron chi connectivity index (χ1n) is 5.75. The highest BCUT2D eigenvalue weighted by molar-refractivity contribution is 5.31. The molecule has 0 amide bonds. The molecule has 0 spiro atoms. The fraction of sp³-hybridized carbons (Fsp3) is 0.286. The Labute approximate surface area is 104 Å². The number of hydrogen-bond donors (Lipinski definition) is 1. The normalized spacial score (nSPS) is 12.7. The molecule has 1 N–H and O–H groups in total. The Balaban J connectivity index is 2.39. The lowest BCUT2D eigenvalue weighted by atomic mass is 10.0. The van der Waals surface area contributed by atoms with Gasteiger partial charge >= 0.3 is 0 Å². The summed E-state index contributed by atoms with van der Waals surface area (Å²) < 4.78 is 32.1. The minimum atomic E-state index is -1.22. The lowest BCUT2D eigenvalue weighted by molar-refractivity contribution is 0.182. The molecular formula is C14H14F2O2. The van der Waals surface area contributed by atoms with E-state index in [1.54, 1.807) is 12.1 Å². The molecule has 1 atom stereocenters. The second kappa shape index (κ2) is 4.90. The molecule has 2 rings (SSSR count). The van der Waals surface area contributed by atoms with Crippen LogP contribution >= 0.6 is 0 Å². The second-order valence-corrected chi connectivity index (χ2v) is 4.18. The van der Waals surface area contributed by atoms with Crippen molar-refractivity contribution in [1.29, 1.82) is 0 Å². The van der Waals surface area contributed by atoms with Crippen molar-refractivity contribution in [2.75, 3.05) is 0 Å². The van der Waals surface area contributed by atoms with E-state index >= 15 is 0 Å². The summed E-state index contributed by atoms with van der Waals surface area (Å²) in [6, 6.07) is 5.40. The maximum Gasteiger partial charge on any atom is 0.139 e. The Morgan fingerprint density at radius 2 is 1.94 bits per heavy atom. The largest absolute Gasteiger partial charge is 0.463 e. The van der Waals surface area contributed by atoms with Crippen molar-refractivity contribution in [1.82, 2.24) is 0 Å². The molecule has 1 unspecified atom stereocenters. The van der Waals surface area contributed by atoms with Crippen LogP contribution in [0, 0.1) is 18.6 Å². The van der Waals surface area contributed by atoms with Crippen LogP contribution in [-0.2, 0) is 6.42 Å². The number of benzene rings is 1. The maximum atomic E-state index is 13.6. The van der Waals surface area contributed by atoms with Crippen molar-refractivity contribution in [3.05, 3.63) is 58.5 Å². The molecule has 2 nitrogen and oxygen atoms in total. The minimum Gasteiger partial charge on any atom is -0.463 e. The number of halogens is 2. The molecule has 4 heteroatoms. The number of hydrogen-bond acceptors (Lipinski definition) is 2. The summed E-state index contributed by atoms with van der Waals surface area (Å²) in [5.41, 5.74) is 0.304. The molecule has 0 saturated carbocycles. The van der Waals surface area contributed by atoms with Crippen LogP contribution in [0.4, 0.5) is 8.78 Å². The van der Waals surface area contributed by atoms with Gasteiger partial charge in [-0.3, -0.25) is 0 Å². The molecule has 96 valence electrons. The monoisotopic (exact) mass is 252 g/mol. The van der Waals surface area contributed by atoms with Gasteiger partial charge in [0.15, 0.2) is 0 Å². The zero-order valence-corrected chi connectivity index (χ0v) is 10.2. The number of aliphatic hydroxyl groups excluding tert-OH is 1. The van der Waals surface area contributed by atoms with Gasteiger partial charge in [0.05, 0.1) is 0 Å². The third-order valence-corrected chi connectivity index (χ3v) is 2.87. The standard InChI is InChI=1S/C14H14F2O2/c1-3-9-4-5-13(18-9)14(17)10-6-8(2)11(15)7-12(10)16/h4-7,14,17H,3H2,1-2H3. The topological polar surface area (TPSA) is 33.4 Å². The van der Waals surface area contributed by atoms with E-state index in [1.807, 2.05) is 6.92 Å². The van der Waals surface area contributed by atoms with Crippen LogP contribution in [0.25, 0.3) is 0 Å². The van der Waals surface area contributed by atoms with Crippen molar-refractivity contribution in [2.24, 2.45) is 0 Å². The first-order valence-corrected chi connectivity index (χ1v) is 5.75. The Kier molecular flexibility index (Phi) is 3.48. The van der Waals surface area contributed by atoms with E-state index in [-0.39, 0.29) is 16.9 Å². The van der Waals surface area contributed by atoms with Crippen LogP contribution < -0.4 is 0 Å². The fourth-order valence-electron chi connectivity index (χ4n) is 1.77. The van der Waals surface area contributed by atoms with Gasteiger partial charge in [-0.15, -0.1) is 0 Å². The van der Waals surface area contributed by atoms with Gasteiger partial charge in [-0.05, 0) is 30.7 Å². The molecule has 1 aromatic carbocycles. The predicted octanol–water partition coefficient (Wildman–Crippen LogP) is 3.51. The van der Waals surface area contributed by atoms with Crippen LogP contribution in [0.2, 0.25) is 0 Å². The summed E-state index contributed by atoms with van der Waals surface area (Å²) in [6.45, 7) is 3.43. The second-order valence-electron chi connectivity index (χ2n) is 4.18. The first kappa shape index (κ1) is 12.8. The maximum absolute atomic E-state index is 13.6. The van der Waals surface area contributed by atoms with Crippen LogP contribution in [0.1, 0.15) is 35.7 Å². The summed E-state index contributed by atoms with van der Waals surface area (Å²) in [5.74, 6) is -0.433. The highest BCUT2D eigenvalue weighted by Crippen LogP contribution is 2.27. The first-order chi connectivity index (χ1) is 8.52. The number of aryl methyl sites for hydroxylation is 2. The summed E-state index contributed by atoms with van der Waals surface area (Å²) in [7, 11) is 0. The molecule has 0 fully saturated rings. The van der Waals surface area contributed by atoms with E-state index < -0.39 is 17.7 Å². The molecule has 0 saturated heterocycles. The molecule has 0 aliphatic rings. The molecule has 1 heterocycles. The molecule has 0 aliphatic carbocycles. The number of aliphatic hydroxyl groups is 1. The smallest absolute Gasteiger partial charge is 0.139 e. The Morgan fingerprint density at radius 3 is 2.56 bits per heavy atom. The molecule has 1 aromatic heterocycles. The highest BCUT2D eigenvalue weighted by atomic mass is 19.1. The van der Waals surface area contributed by atoms with E-state index in [2.05, 4.69) is 0 Å². The third kappa shape index (κ3) is 2.29. The Morgan fingerprint density at radius 1 is 1.22 bits per heavy atom. The van der Waals surface area contributed by atoms with Gasteiger partial charge in [0.25, 0.3) is 0 Å². The number of rotatable bonds is 3. The minimum absolute atomic E-state index is 0.0194. The molecule has 0 radical (unpaired) electrons. The van der Waals surface area contributed by atoms with Gasteiger partial charge in [-0.2, -0.15) is 0 Å². The molecule has 0 bridgehead atoms. The van der Waals surface area contributed by atoms with Crippen LogP contribution in [0.3, 0.4) is 0 Å². The molecule has 2 aromatic rings. The average molecular weight is 252 g/mol. The fourth-order valence-corrected chi connectivity index (χ4v) is 1.77. The quantitative estimate of drug-likeness (QED) is 0.906. The van der Waals surface area contributed by atoms with E-state index in [1.165, 1.54) is 13.0 Å². The van der Waals surface area contributed by atoms with Crippen molar-refractivity contribution >= 4 is 0 Å². The van der Waals surface area contributed by atoms with Gasteiger partial charge in [0.2, 0.25) is 0 Å². The van der Waals surface area contributed by atoms with Gasteiger partial charge in [-0.1, -0.05) is 6.92 Å². The molecule has 0 aliphatic heterocycles. The van der Waals surface area contributed by atoms with Crippen LogP contribution in [0.5, 0.6) is 0 Å². The summed E-state index contributed by atoms with van der Waals surface area (Å²) in [6.07, 6.45) is -0.526.